The third-order valence-electron chi connectivity index (χ3n) is 7.83. The molecule has 0 bridgehead atoms. The van der Waals surface area contributed by atoms with Gasteiger partial charge in [0.2, 0.25) is 5.91 Å². The molecule has 1 aliphatic carbocycles. The number of hydrogen-bond donors (Lipinski definition) is 1. The number of rotatable bonds is 6. The van der Waals surface area contributed by atoms with E-state index in [1.54, 1.807) is 6.07 Å². The summed E-state index contributed by atoms with van der Waals surface area (Å²) in [6.07, 6.45) is 1.29. The quantitative estimate of drug-likeness (QED) is 0.612. The number of amides is 1. The number of ether oxygens (including phenoxy) is 1. The van der Waals surface area contributed by atoms with E-state index < -0.39 is 11.7 Å². The number of carbonyl (C=O) groups excluding carboxylic acids is 1. The smallest absolute Gasteiger partial charge is 0.416 e. The van der Waals surface area contributed by atoms with Gasteiger partial charge in [-0.05, 0) is 55.2 Å². The molecule has 1 N–H and O–H groups in total. The monoisotopic (exact) mass is 501 g/mol. The van der Waals surface area contributed by atoms with Crippen molar-refractivity contribution in [3.05, 3.63) is 59.7 Å². The number of para-hydroxylation sites is 1. The number of nitrogens with zero attached hydrogens (tertiary/aromatic N) is 2. The molecule has 1 saturated heterocycles. The summed E-state index contributed by atoms with van der Waals surface area (Å²) in [5.41, 5.74) is 0.795. The van der Waals surface area contributed by atoms with Gasteiger partial charge in [-0.1, -0.05) is 37.5 Å². The van der Waals surface area contributed by atoms with Gasteiger partial charge in [-0.2, -0.15) is 13.2 Å². The van der Waals surface area contributed by atoms with Gasteiger partial charge in [0.25, 0.3) is 0 Å². The number of fused-ring (bicyclic) bond motifs is 3. The highest BCUT2D eigenvalue weighted by Gasteiger charge is 2.43. The van der Waals surface area contributed by atoms with Crippen molar-refractivity contribution in [1.29, 1.82) is 0 Å². The summed E-state index contributed by atoms with van der Waals surface area (Å²) in [5.74, 6) is 0.413. The molecule has 5 nitrogen and oxygen atoms in total. The van der Waals surface area contributed by atoms with Crippen LogP contribution in [0.25, 0.3) is 0 Å². The topological polar surface area (TPSA) is 44.8 Å². The first-order chi connectivity index (χ1) is 17.4. The first kappa shape index (κ1) is 24.9. The van der Waals surface area contributed by atoms with Gasteiger partial charge in [-0.15, -0.1) is 0 Å². The maximum Gasteiger partial charge on any atom is 0.416 e. The Morgan fingerprint density at radius 1 is 1.03 bits per heavy atom. The molecule has 2 aromatic rings. The molecule has 2 atom stereocenters. The van der Waals surface area contributed by atoms with E-state index in [2.05, 4.69) is 15.1 Å². The summed E-state index contributed by atoms with van der Waals surface area (Å²) < 4.78 is 46.2. The van der Waals surface area contributed by atoms with Crippen LogP contribution in [0.4, 0.5) is 18.9 Å². The van der Waals surface area contributed by atoms with Crippen LogP contribution in [0.2, 0.25) is 0 Å². The molecule has 0 aromatic heterocycles. The zero-order valence-corrected chi connectivity index (χ0v) is 20.5. The lowest BCUT2D eigenvalue weighted by Crippen LogP contribution is -2.62. The lowest BCUT2D eigenvalue weighted by atomic mass is 9.82. The molecule has 1 saturated carbocycles. The molecule has 2 aromatic carbocycles. The molecule has 2 unspecified atom stereocenters. The Balaban J connectivity index is 1.33. The van der Waals surface area contributed by atoms with Crippen LogP contribution in [0.3, 0.4) is 0 Å². The van der Waals surface area contributed by atoms with E-state index in [9.17, 15) is 18.0 Å². The van der Waals surface area contributed by atoms with Gasteiger partial charge in [0.15, 0.2) is 0 Å². The molecular weight excluding hydrogens is 467 g/mol. The largest absolute Gasteiger partial charge is 0.492 e. The third-order valence-corrected chi connectivity index (χ3v) is 7.83. The van der Waals surface area contributed by atoms with Gasteiger partial charge < -0.3 is 15.0 Å². The zero-order valence-electron chi connectivity index (χ0n) is 20.5. The van der Waals surface area contributed by atoms with Gasteiger partial charge in [-0.3, -0.25) is 9.69 Å². The van der Waals surface area contributed by atoms with Crippen molar-refractivity contribution in [2.24, 2.45) is 5.92 Å². The van der Waals surface area contributed by atoms with Crippen molar-refractivity contribution in [3.63, 3.8) is 0 Å². The van der Waals surface area contributed by atoms with Gasteiger partial charge in [-0.25, -0.2) is 0 Å². The minimum Gasteiger partial charge on any atom is -0.492 e. The number of halogens is 3. The molecule has 3 aliphatic rings. The summed E-state index contributed by atoms with van der Waals surface area (Å²) in [6, 6.07) is 13.8. The minimum absolute atomic E-state index is 0.0256. The second-order valence-corrected chi connectivity index (χ2v) is 10.2. The van der Waals surface area contributed by atoms with E-state index in [0.717, 1.165) is 50.2 Å². The summed E-state index contributed by atoms with van der Waals surface area (Å²) >= 11 is 0. The fraction of sp³-hybridized carbons (Fsp3) is 0.536. The standard InChI is InChI=1S/C28H34F3N3O2/c29-28(30,31)21-11-12-25-20(17-21)18-24(27(35)32-22-7-3-1-4-8-22)26-19-33(13-14-34(25)26)15-16-36-23-9-5-2-6-10-23/h2,5-6,9-12,17,22,24,26H,1,3-4,7-8,13-16,18-19H2,(H,32,35). The number of hydrogen-bond acceptors (Lipinski definition) is 4. The minimum atomic E-state index is -4.40. The van der Waals surface area contributed by atoms with Crippen LogP contribution in [0.5, 0.6) is 5.75 Å². The summed E-state index contributed by atoms with van der Waals surface area (Å²) in [4.78, 5) is 18.0. The molecule has 0 radical (unpaired) electrons. The van der Waals surface area contributed by atoms with Crippen LogP contribution >= 0.6 is 0 Å². The summed E-state index contributed by atoms with van der Waals surface area (Å²) in [6.45, 7) is 3.40. The van der Waals surface area contributed by atoms with Crippen LogP contribution in [0.1, 0.15) is 43.2 Å². The SMILES string of the molecule is O=C(NC1CCCCC1)C1Cc2cc(C(F)(F)F)ccc2N2CCN(CCOc3ccccc3)CC12. The van der Waals surface area contributed by atoms with Gasteiger partial charge in [0.1, 0.15) is 12.4 Å². The maximum absolute atomic E-state index is 13.5. The van der Waals surface area contributed by atoms with Gasteiger partial charge >= 0.3 is 6.18 Å². The van der Waals surface area contributed by atoms with Crippen molar-refractivity contribution >= 4 is 11.6 Å². The van der Waals surface area contributed by atoms with Crippen LogP contribution < -0.4 is 15.0 Å². The molecule has 5 rings (SSSR count). The molecule has 1 amide bonds. The molecule has 2 aliphatic heterocycles. The first-order valence-electron chi connectivity index (χ1n) is 13.1. The lowest BCUT2D eigenvalue weighted by molar-refractivity contribution is -0.137. The molecule has 0 spiro atoms. The maximum atomic E-state index is 13.5. The van der Waals surface area contributed by atoms with Gasteiger partial charge in [0.05, 0.1) is 17.5 Å². The van der Waals surface area contributed by atoms with E-state index >= 15 is 0 Å². The zero-order chi connectivity index (χ0) is 25.1. The van der Waals surface area contributed by atoms with Crippen molar-refractivity contribution < 1.29 is 22.7 Å². The number of piperazine rings is 1. The molecule has 8 heteroatoms. The highest BCUT2D eigenvalue weighted by molar-refractivity contribution is 5.82. The Labute approximate surface area is 210 Å². The Morgan fingerprint density at radius 2 is 1.81 bits per heavy atom. The van der Waals surface area contributed by atoms with Crippen molar-refractivity contribution in [3.8, 4) is 5.75 Å². The van der Waals surface area contributed by atoms with E-state index in [1.807, 2.05) is 30.3 Å². The fourth-order valence-corrected chi connectivity index (χ4v) is 5.93. The number of benzene rings is 2. The predicted octanol–water partition coefficient (Wildman–Crippen LogP) is 4.90. The molecular formula is C28H34F3N3O2. The van der Waals surface area contributed by atoms with Crippen molar-refractivity contribution in [2.45, 2.75) is 56.8 Å². The Bertz CT molecular complexity index is 1040. The van der Waals surface area contributed by atoms with Crippen LogP contribution in [0.15, 0.2) is 48.5 Å². The molecule has 194 valence electrons. The number of anilines is 1. The number of carbonyl (C=O) groups is 1. The Hall–Kier alpha value is -2.74. The Morgan fingerprint density at radius 3 is 2.56 bits per heavy atom. The Kier molecular flexibility index (Phi) is 7.42. The highest BCUT2D eigenvalue weighted by Crippen LogP contribution is 2.40. The lowest BCUT2D eigenvalue weighted by Gasteiger charge is -2.49. The summed E-state index contributed by atoms with van der Waals surface area (Å²) in [5, 5.41) is 3.25. The normalized spacial score (nSPS) is 23.0. The van der Waals surface area contributed by atoms with Crippen LogP contribution in [-0.2, 0) is 17.4 Å². The van der Waals surface area contributed by atoms with E-state index in [0.29, 0.717) is 31.7 Å². The number of nitrogens with one attached hydrogen (secondary N) is 1. The number of alkyl halides is 3. The van der Waals surface area contributed by atoms with Crippen molar-refractivity contribution in [1.82, 2.24) is 10.2 Å². The predicted molar refractivity (Wildman–Crippen MR) is 133 cm³/mol. The molecule has 36 heavy (non-hydrogen) atoms. The van der Waals surface area contributed by atoms with Crippen molar-refractivity contribution in [2.75, 3.05) is 37.7 Å². The second kappa shape index (κ2) is 10.7. The van der Waals surface area contributed by atoms with Crippen LogP contribution in [-0.4, -0.2) is 55.7 Å². The average Bonchev–Trinajstić information content (AvgIpc) is 2.88. The second-order valence-electron chi connectivity index (χ2n) is 10.2. The molecule has 2 heterocycles. The average molecular weight is 502 g/mol. The van der Waals surface area contributed by atoms with Crippen LogP contribution in [0, 0.1) is 5.92 Å². The third kappa shape index (κ3) is 5.64. The molecule has 2 fully saturated rings. The first-order valence-corrected chi connectivity index (χ1v) is 13.1. The fourth-order valence-electron chi connectivity index (χ4n) is 5.93. The van der Waals surface area contributed by atoms with Gasteiger partial charge in [0, 0.05) is 37.9 Å². The highest BCUT2D eigenvalue weighted by atomic mass is 19.4. The summed E-state index contributed by atoms with van der Waals surface area (Å²) in [7, 11) is 0. The van der Waals surface area contributed by atoms with E-state index in [1.165, 1.54) is 18.6 Å². The van der Waals surface area contributed by atoms with E-state index in [4.69, 9.17) is 4.74 Å². The van der Waals surface area contributed by atoms with E-state index in [-0.39, 0.29) is 23.9 Å².